The molecule has 5 nitrogen and oxygen atoms in total. The van der Waals surface area contributed by atoms with E-state index in [4.69, 9.17) is 18.0 Å². The molecule has 1 heterocycles. The number of hydrogen-bond acceptors (Lipinski definition) is 3. The fourth-order valence-corrected chi connectivity index (χ4v) is 3.50. The first-order valence-corrected chi connectivity index (χ1v) is 8.10. The monoisotopic (exact) mass is 352 g/mol. The van der Waals surface area contributed by atoms with Crippen molar-refractivity contribution < 1.29 is 13.6 Å². The van der Waals surface area contributed by atoms with Gasteiger partial charge in [-0.15, -0.1) is 0 Å². The Labute approximate surface area is 142 Å². The van der Waals surface area contributed by atoms with Crippen molar-refractivity contribution in [3.8, 4) is 0 Å². The van der Waals surface area contributed by atoms with E-state index in [1.165, 1.54) is 6.07 Å². The quantitative estimate of drug-likeness (QED) is 0.722. The molecule has 0 saturated carbocycles. The molecule has 3 rings (SSSR count). The second-order valence-corrected chi connectivity index (χ2v) is 6.37. The van der Waals surface area contributed by atoms with Gasteiger partial charge in [-0.05, 0) is 48.7 Å². The largest absolute Gasteiger partial charge is 0.369 e. The number of carbonyl (C=O) groups is 1. The third-order valence-electron chi connectivity index (χ3n) is 4.24. The average molecular weight is 352 g/mol. The number of nitrogens with two attached hydrogens (primary N) is 1. The van der Waals surface area contributed by atoms with E-state index < -0.39 is 17.5 Å². The van der Waals surface area contributed by atoms with Crippen LogP contribution in [0.15, 0.2) is 18.3 Å². The fraction of sp³-hybridized carbons (Fsp3) is 0.375. The summed E-state index contributed by atoms with van der Waals surface area (Å²) >= 11 is 5.35. The number of fused-ring (bicyclic) bond motifs is 1. The molecule has 1 aliphatic rings. The van der Waals surface area contributed by atoms with Gasteiger partial charge < -0.3 is 20.6 Å². The Morgan fingerprint density at radius 1 is 1.46 bits per heavy atom. The van der Waals surface area contributed by atoms with Crippen LogP contribution in [0.25, 0.3) is 0 Å². The minimum absolute atomic E-state index is 0.0485. The molecule has 128 valence electrons. The first kappa shape index (κ1) is 16.8. The van der Waals surface area contributed by atoms with Crippen molar-refractivity contribution in [3.05, 3.63) is 51.6 Å². The second-order valence-electron chi connectivity index (χ2n) is 5.98. The normalized spacial score (nSPS) is 16.8. The maximum atomic E-state index is 13.8. The molecule has 0 radical (unpaired) electrons. The number of imidazole rings is 1. The number of aromatic nitrogens is 2. The predicted octanol–water partition coefficient (Wildman–Crippen LogP) is 2.13. The van der Waals surface area contributed by atoms with Crippen LogP contribution in [-0.2, 0) is 24.2 Å². The number of nitrogens with one attached hydrogen (secondary N) is 2. The number of halogens is 2. The lowest BCUT2D eigenvalue weighted by atomic mass is 9.87. The summed E-state index contributed by atoms with van der Waals surface area (Å²) in [5.41, 5.74) is 7.20. The zero-order chi connectivity index (χ0) is 17.3. The number of nitrogens with zero attached hydrogens (tertiary/aromatic N) is 1. The summed E-state index contributed by atoms with van der Waals surface area (Å²) in [5, 5.41) is 2.91. The van der Waals surface area contributed by atoms with E-state index in [-0.39, 0.29) is 12.6 Å². The Hall–Kier alpha value is -2.06. The molecular formula is C16H18F2N4OS. The van der Waals surface area contributed by atoms with Gasteiger partial charge >= 0.3 is 0 Å². The molecule has 2 aromatic rings. The Kier molecular flexibility index (Phi) is 4.77. The van der Waals surface area contributed by atoms with E-state index in [0.717, 1.165) is 18.2 Å². The van der Waals surface area contributed by atoms with Crippen molar-refractivity contribution in [1.82, 2.24) is 14.9 Å². The van der Waals surface area contributed by atoms with Crippen molar-refractivity contribution >= 4 is 18.1 Å². The molecule has 1 aromatic heterocycles. The van der Waals surface area contributed by atoms with Crippen molar-refractivity contribution in [2.75, 3.05) is 6.54 Å². The van der Waals surface area contributed by atoms with Crippen LogP contribution in [0.2, 0.25) is 0 Å². The van der Waals surface area contributed by atoms with Crippen LogP contribution >= 0.6 is 12.2 Å². The first-order chi connectivity index (χ1) is 11.4. The Bertz CT molecular complexity index is 830. The summed E-state index contributed by atoms with van der Waals surface area (Å²) < 4.78 is 29.8. The second kappa shape index (κ2) is 6.82. The molecule has 1 amide bonds. The molecular weight excluding hydrogens is 334 g/mol. The number of aromatic amines is 1. The summed E-state index contributed by atoms with van der Waals surface area (Å²) in [6.07, 6.45) is 3.69. The van der Waals surface area contributed by atoms with E-state index in [2.05, 4.69) is 10.3 Å². The molecule has 24 heavy (non-hydrogen) atoms. The van der Waals surface area contributed by atoms with Crippen LogP contribution in [-0.4, -0.2) is 22.0 Å². The van der Waals surface area contributed by atoms with Crippen molar-refractivity contribution in [3.63, 3.8) is 0 Å². The van der Waals surface area contributed by atoms with Crippen molar-refractivity contribution in [1.29, 1.82) is 0 Å². The van der Waals surface area contributed by atoms with E-state index in [1.807, 2.05) is 10.8 Å². The third kappa shape index (κ3) is 3.54. The lowest BCUT2D eigenvalue weighted by molar-refractivity contribution is -0.117. The molecule has 4 N–H and O–H groups in total. The van der Waals surface area contributed by atoms with Gasteiger partial charge in [0, 0.05) is 30.5 Å². The van der Waals surface area contributed by atoms with Crippen LogP contribution in [0.3, 0.4) is 0 Å². The minimum Gasteiger partial charge on any atom is -0.369 e. The van der Waals surface area contributed by atoms with Crippen molar-refractivity contribution in [2.24, 2.45) is 5.73 Å². The molecule has 0 saturated heterocycles. The summed E-state index contributed by atoms with van der Waals surface area (Å²) in [4.78, 5) is 13.8. The molecule has 0 fully saturated rings. The van der Waals surface area contributed by atoms with Crippen LogP contribution in [0.1, 0.15) is 29.3 Å². The van der Waals surface area contributed by atoms with Gasteiger partial charge in [0.1, 0.15) is 11.6 Å². The van der Waals surface area contributed by atoms with Gasteiger partial charge in [-0.25, -0.2) is 8.78 Å². The van der Waals surface area contributed by atoms with E-state index in [9.17, 15) is 13.6 Å². The van der Waals surface area contributed by atoms with Crippen LogP contribution in [0.5, 0.6) is 0 Å². The topological polar surface area (TPSA) is 75.8 Å². The van der Waals surface area contributed by atoms with Crippen LogP contribution in [0, 0.1) is 16.4 Å². The molecule has 8 heteroatoms. The highest BCUT2D eigenvalue weighted by Crippen LogP contribution is 2.31. The van der Waals surface area contributed by atoms with E-state index in [0.29, 0.717) is 35.3 Å². The van der Waals surface area contributed by atoms with Crippen LogP contribution < -0.4 is 11.1 Å². The Morgan fingerprint density at radius 2 is 2.25 bits per heavy atom. The smallest absolute Gasteiger partial charge is 0.231 e. The van der Waals surface area contributed by atoms with Gasteiger partial charge in [-0.2, -0.15) is 0 Å². The predicted molar refractivity (Wildman–Crippen MR) is 87.9 cm³/mol. The van der Waals surface area contributed by atoms with Crippen LogP contribution in [0.4, 0.5) is 8.78 Å². The van der Waals surface area contributed by atoms with Gasteiger partial charge in [-0.1, -0.05) is 0 Å². The molecule has 0 aliphatic heterocycles. The fourth-order valence-electron chi connectivity index (χ4n) is 3.17. The maximum Gasteiger partial charge on any atom is 0.231 e. The summed E-state index contributed by atoms with van der Waals surface area (Å²) in [5.74, 6) is -1.46. The molecule has 1 atom stereocenters. The molecule has 1 aliphatic carbocycles. The minimum atomic E-state index is -0.555. The maximum absolute atomic E-state index is 13.8. The number of benzene rings is 1. The van der Waals surface area contributed by atoms with Gasteiger partial charge in [0.05, 0.1) is 6.54 Å². The summed E-state index contributed by atoms with van der Waals surface area (Å²) in [7, 11) is 0. The van der Waals surface area contributed by atoms with Crippen molar-refractivity contribution in [2.45, 2.75) is 31.8 Å². The van der Waals surface area contributed by atoms with Gasteiger partial charge in [0.2, 0.25) is 5.91 Å². The number of rotatable bonds is 5. The number of H-pyrrole nitrogens is 1. The zero-order valence-corrected chi connectivity index (χ0v) is 13.8. The highest BCUT2D eigenvalue weighted by molar-refractivity contribution is 7.71. The molecule has 0 spiro atoms. The lowest BCUT2D eigenvalue weighted by Crippen LogP contribution is -2.28. The number of primary amides is 1. The molecule has 0 unspecified atom stereocenters. The Morgan fingerprint density at radius 3 is 3.00 bits per heavy atom. The molecule has 1 aromatic carbocycles. The standard InChI is InChI=1S/C16H18F2N4OS/c17-10-3-9-4-12(1-2-13(9)14(18)5-10)22-8-11(21-16(22)24)6-20-7-15(19)23/h3,5,8,12,20H,1-2,4,6-7H2,(H2,19,23)(H,21,24)/t12-/m0/s1. The third-order valence-corrected chi connectivity index (χ3v) is 4.55. The Balaban J connectivity index is 1.77. The summed E-state index contributed by atoms with van der Waals surface area (Å²) in [6.45, 7) is 0.521. The first-order valence-electron chi connectivity index (χ1n) is 7.70. The summed E-state index contributed by atoms with van der Waals surface area (Å²) in [6, 6.07) is 2.38. The van der Waals surface area contributed by atoms with Gasteiger partial charge in [0.15, 0.2) is 4.77 Å². The van der Waals surface area contributed by atoms with E-state index in [1.54, 1.807) is 0 Å². The van der Waals surface area contributed by atoms with E-state index >= 15 is 0 Å². The highest BCUT2D eigenvalue weighted by Gasteiger charge is 2.24. The SMILES string of the molecule is NC(=O)CNCc1cn([C@H]2CCc3c(F)cc(F)cc3C2)c(=S)[nH]1. The van der Waals surface area contributed by atoms with Gasteiger partial charge in [-0.3, -0.25) is 4.79 Å². The molecule has 0 bridgehead atoms. The number of carbonyl (C=O) groups excluding carboxylic acids is 1. The van der Waals surface area contributed by atoms with Gasteiger partial charge in [0.25, 0.3) is 0 Å². The highest BCUT2D eigenvalue weighted by atomic mass is 32.1. The lowest BCUT2D eigenvalue weighted by Gasteiger charge is -2.26. The number of amides is 1. The average Bonchev–Trinajstić information content (AvgIpc) is 2.87. The zero-order valence-electron chi connectivity index (χ0n) is 12.9. The number of hydrogen-bond donors (Lipinski definition) is 3.